The number of halogens is 1. The van der Waals surface area contributed by atoms with Crippen molar-refractivity contribution in [1.29, 1.82) is 0 Å². The molecule has 0 saturated heterocycles. The van der Waals surface area contributed by atoms with Crippen molar-refractivity contribution in [2.24, 2.45) is 10.9 Å². The van der Waals surface area contributed by atoms with Gasteiger partial charge in [0, 0.05) is 36.7 Å². The van der Waals surface area contributed by atoms with E-state index in [9.17, 15) is 4.39 Å². The highest BCUT2D eigenvalue weighted by atomic mass is 19.1. The first kappa shape index (κ1) is 24.7. The van der Waals surface area contributed by atoms with Gasteiger partial charge in [0.1, 0.15) is 5.84 Å². The van der Waals surface area contributed by atoms with Crippen molar-refractivity contribution in [2.45, 2.75) is 33.9 Å². The van der Waals surface area contributed by atoms with Crippen LogP contribution in [0.15, 0.2) is 90.4 Å². The Hall–Kier alpha value is -3.58. The number of rotatable bonds is 7. The monoisotopic (exact) mass is 429 g/mol. The van der Waals surface area contributed by atoms with Gasteiger partial charge in [-0.25, -0.2) is 9.38 Å². The quantitative estimate of drug-likeness (QED) is 0.293. The van der Waals surface area contributed by atoms with Crippen LogP contribution in [0.4, 0.5) is 10.1 Å². The molecule has 32 heavy (non-hydrogen) atoms. The maximum atomic E-state index is 14.1. The zero-order valence-electron chi connectivity index (χ0n) is 19.6. The maximum absolute atomic E-state index is 14.1. The molecular formula is C28H32FN3. The lowest BCUT2D eigenvalue weighted by molar-refractivity contribution is 0.477. The number of hydrogen-bond acceptors (Lipinski definition) is 2. The lowest BCUT2D eigenvalue weighted by Gasteiger charge is -2.20. The SMILES string of the molecule is C=C/C(=N\C=C/N(C)C(=C\C)/C1=C/C(F)C#CC(C)/C=C\1)Nc1ccc(C(=C)C)c(C)c1. The maximum Gasteiger partial charge on any atom is 0.179 e. The van der Waals surface area contributed by atoms with Gasteiger partial charge in [0.15, 0.2) is 6.17 Å². The summed E-state index contributed by atoms with van der Waals surface area (Å²) >= 11 is 0. The standard InChI is InChI=1S/C28H32FN3/c1-8-27(23-12-10-21(5)11-13-24(29)19-23)32(7)17-16-30-28(9-2)31-25-14-15-26(20(3)4)22(6)18-25/h8-10,12,14-19,21,24H,2-3H2,1,4-7H3,(H,30,31)/b12-10-,17-16-,23-19+,27-8-. The van der Waals surface area contributed by atoms with E-state index in [0.29, 0.717) is 5.84 Å². The Morgan fingerprint density at radius 3 is 2.69 bits per heavy atom. The van der Waals surface area contributed by atoms with Crippen molar-refractivity contribution in [3.8, 4) is 11.8 Å². The van der Waals surface area contributed by atoms with Gasteiger partial charge in [-0.3, -0.25) is 0 Å². The third-order valence-electron chi connectivity index (χ3n) is 4.94. The Bertz CT molecular complexity index is 1070. The molecule has 1 aliphatic carbocycles. The average Bonchev–Trinajstić information content (AvgIpc) is 2.74. The number of aryl methyl sites for hydroxylation is 1. The van der Waals surface area contributed by atoms with E-state index in [1.165, 1.54) is 6.08 Å². The van der Waals surface area contributed by atoms with Crippen LogP contribution in [-0.2, 0) is 0 Å². The lowest BCUT2D eigenvalue weighted by Crippen LogP contribution is -2.13. The molecule has 0 fully saturated rings. The number of aliphatic imine (C=N–C) groups is 1. The molecule has 1 aliphatic rings. The number of nitrogens with zero attached hydrogens (tertiary/aromatic N) is 2. The predicted molar refractivity (Wildman–Crippen MR) is 137 cm³/mol. The van der Waals surface area contributed by atoms with Crippen LogP contribution in [0.25, 0.3) is 5.57 Å². The molecule has 0 radical (unpaired) electrons. The van der Waals surface area contributed by atoms with Crippen LogP contribution in [0.1, 0.15) is 31.9 Å². The van der Waals surface area contributed by atoms with Gasteiger partial charge in [0.25, 0.3) is 0 Å². The molecular weight excluding hydrogens is 397 g/mol. The van der Waals surface area contributed by atoms with Gasteiger partial charge in [0.2, 0.25) is 0 Å². The average molecular weight is 430 g/mol. The van der Waals surface area contributed by atoms with Gasteiger partial charge in [-0.05, 0) is 68.7 Å². The smallest absolute Gasteiger partial charge is 0.179 e. The summed E-state index contributed by atoms with van der Waals surface area (Å²) in [5.41, 5.74) is 5.90. The molecule has 2 atom stereocenters. The van der Waals surface area contributed by atoms with Gasteiger partial charge in [-0.15, -0.1) is 0 Å². The topological polar surface area (TPSA) is 27.6 Å². The molecule has 166 valence electrons. The molecule has 0 heterocycles. The summed E-state index contributed by atoms with van der Waals surface area (Å²) in [6.45, 7) is 15.8. The minimum Gasteiger partial charge on any atom is -0.349 e. The molecule has 0 aliphatic heterocycles. The fraction of sp³-hybridized carbons (Fsp3) is 0.250. The second-order valence-corrected chi connectivity index (χ2v) is 7.70. The number of allylic oxidation sites excluding steroid dienone is 5. The van der Waals surface area contributed by atoms with E-state index in [1.807, 2.05) is 69.3 Å². The number of anilines is 1. The van der Waals surface area contributed by atoms with Crippen LogP contribution in [0.3, 0.4) is 0 Å². The summed E-state index contributed by atoms with van der Waals surface area (Å²) in [4.78, 5) is 6.38. The number of amidine groups is 1. The predicted octanol–water partition coefficient (Wildman–Crippen LogP) is 6.81. The van der Waals surface area contributed by atoms with Crippen molar-refractivity contribution >= 4 is 17.1 Å². The van der Waals surface area contributed by atoms with Crippen molar-refractivity contribution in [2.75, 3.05) is 12.4 Å². The molecule has 1 aromatic rings. The minimum atomic E-state index is -1.29. The zero-order chi connectivity index (χ0) is 23.7. The molecule has 1 N–H and O–H groups in total. The largest absolute Gasteiger partial charge is 0.349 e. The van der Waals surface area contributed by atoms with Crippen LogP contribution >= 0.6 is 0 Å². The number of likely N-dealkylation sites (N-methyl/N-ethyl adjacent to an activating group) is 1. The zero-order valence-corrected chi connectivity index (χ0v) is 19.6. The Labute approximate surface area is 192 Å². The molecule has 2 rings (SSSR count). The van der Waals surface area contributed by atoms with Gasteiger partial charge >= 0.3 is 0 Å². The normalized spacial score (nSPS) is 21.5. The summed E-state index contributed by atoms with van der Waals surface area (Å²) in [6, 6.07) is 6.10. The van der Waals surface area contributed by atoms with Crippen molar-refractivity contribution in [3.05, 3.63) is 96.5 Å². The second kappa shape index (κ2) is 11.7. The molecule has 0 bridgehead atoms. The molecule has 2 unspecified atom stereocenters. The highest BCUT2D eigenvalue weighted by Crippen LogP contribution is 2.21. The fourth-order valence-corrected chi connectivity index (χ4v) is 3.30. The van der Waals surface area contributed by atoms with Gasteiger partial charge < -0.3 is 10.2 Å². The molecule has 4 heteroatoms. The third kappa shape index (κ3) is 6.99. The Balaban J connectivity index is 2.16. The summed E-state index contributed by atoms with van der Waals surface area (Å²) in [6.07, 6.45) is 11.3. The summed E-state index contributed by atoms with van der Waals surface area (Å²) < 4.78 is 14.1. The van der Waals surface area contributed by atoms with Gasteiger partial charge in [0.05, 0.1) is 0 Å². The number of benzene rings is 1. The van der Waals surface area contributed by atoms with E-state index in [0.717, 1.165) is 33.7 Å². The highest BCUT2D eigenvalue weighted by molar-refractivity contribution is 6.03. The second-order valence-electron chi connectivity index (χ2n) is 7.70. The van der Waals surface area contributed by atoms with Crippen molar-refractivity contribution < 1.29 is 4.39 Å². The number of alkyl halides is 1. The minimum absolute atomic E-state index is 0.00910. The Morgan fingerprint density at radius 1 is 1.31 bits per heavy atom. The van der Waals surface area contributed by atoms with Crippen LogP contribution in [0, 0.1) is 24.7 Å². The number of nitrogens with one attached hydrogen (secondary N) is 1. The van der Waals surface area contributed by atoms with Gasteiger partial charge in [-0.1, -0.05) is 54.9 Å². The van der Waals surface area contributed by atoms with Crippen LogP contribution in [0.2, 0.25) is 0 Å². The molecule has 0 saturated carbocycles. The summed E-state index contributed by atoms with van der Waals surface area (Å²) in [5, 5.41) is 3.27. The van der Waals surface area contributed by atoms with Crippen molar-refractivity contribution in [1.82, 2.24) is 4.90 Å². The molecule has 0 aromatic heterocycles. The van der Waals surface area contributed by atoms with Crippen LogP contribution in [0.5, 0.6) is 0 Å². The van der Waals surface area contributed by atoms with E-state index < -0.39 is 6.17 Å². The number of hydrogen-bond donors (Lipinski definition) is 1. The van der Waals surface area contributed by atoms with Crippen molar-refractivity contribution in [3.63, 3.8) is 0 Å². The summed E-state index contributed by atoms with van der Waals surface area (Å²) in [7, 11) is 1.90. The molecule has 1 aromatic carbocycles. The van der Waals surface area contributed by atoms with Crippen LogP contribution < -0.4 is 5.32 Å². The first-order chi connectivity index (χ1) is 15.2. The van der Waals surface area contributed by atoms with E-state index in [4.69, 9.17) is 0 Å². The van der Waals surface area contributed by atoms with E-state index in [2.05, 4.69) is 48.3 Å². The van der Waals surface area contributed by atoms with E-state index in [1.54, 1.807) is 12.3 Å². The summed E-state index contributed by atoms with van der Waals surface area (Å²) in [5.74, 6) is 6.15. The van der Waals surface area contributed by atoms with Crippen LogP contribution in [-0.4, -0.2) is 24.0 Å². The fourth-order valence-electron chi connectivity index (χ4n) is 3.30. The Kier molecular flexibility index (Phi) is 9.04. The van der Waals surface area contributed by atoms with E-state index >= 15 is 0 Å². The highest BCUT2D eigenvalue weighted by Gasteiger charge is 2.10. The lowest BCUT2D eigenvalue weighted by atomic mass is 10.0. The van der Waals surface area contributed by atoms with E-state index in [-0.39, 0.29) is 5.92 Å². The third-order valence-corrected chi connectivity index (χ3v) is 4.94. The first-order valence-electron chi connectivity index (χ1n) is 10.6. The molecule has 0 amide bonds. The molecule has 0 spiro atoms. The Morgan fingerprint density at radius 2 is 2.06 bits per heavy atom. The van der Waals surface area contributed by atoms with Gasteiger partial charge in [-0.2, -0.15) is 0 Å². The first-order valence-corrected chi connectivity index (χ1v) is 10.6. The molecule has 3 nitrogen and oxygen atoms in total.